The van der Waals surface area contributed by atoms with Crippen LogP contribution in [0.1, 0.15) is 27.4 Å². The van der Waals surface area contributed by atoms with Crippen molar-refractivity contribution in [3.8, 4) is 10.6 Å². The van der Waals surface area contributed by atoms with Gasteiger partial charge in [-0.05, 0) is 44.2 Å². The average Bonchev–Trinajstić information content (AvgIpc) is 3.16. The van der Waals surface area contributed by atoms with Crippen LogP contribution in [0.3, 0.4) is 0 Å². The van der Waals surface area contributed by atoms with Crippen molar-refractivity contribution in [2.45, 2.75) is 20.4 Å². The van der Waals surface area contributed by atoms with E-state index in [9.17, 15) is 4.79 Å². The maximum absolute atomic E-state index is 12.5. The zero-order valence-corrected chi connectivity index (χ0v) is 15.7. The fourth-order valence-corrected chi connectivity index (χ4v) is 3.49. The smallest absolute Gasteiger partial charge is 0.251 e. The Hall–Kier alpha value is -3.19. The van der Waals surface area contributed by atoms with Gasteiger partial charge in [-0.2, -0.15) is 0 Å². The predicted octanol–water partition coefficient (Wildman–Crippen LogP) is 3.70. The highest BCUT2D eigenvalue weighted by Gasteiger charge is 2.10. The maximum atomic E-state index is 12.5. The molecular weight excluding hydrogens is 358 g/mol. The molecule has 0 aliphatic rings. The second-order valence-corrected chi connectivity index (χ2v) is 7.02. The summed E-state index contributed by atoms with van der Waals surface area (Å²) in [7, 11) is 0. The lowest BCUT2D eigenvalue weighted by Gasteiger charge is -2.06. The Morgan fingerprint density at radius 1 is 1.00 bits per heavy atom. The normalized spacial score (nSPS) is 10.9. The number of carbonyl (C=O) groups is 1. The van der Waals surface area contributed by atoms with Crippen molar-refractivity contribution in [3.63, 3.8) is 0 Å². The van der Waals surface area contributed by atoms with Crippen LogP contribution in [0.4, 0.5) is 0 Å². The van der Waals surface area contributed by atoms with Gasteiger partial charge in [-0.1, -0.05) is 0 Å². The molecule has 0 saturated heterocycles. The molecule has 0 bridgehead atoms. The highest BCUT2D eigenvalue weighted by atomic mass is 32.1. The molecular formula is C20H17N5OS. The highest BCUT2D eigenvalue weighted by Crippen LogP contribution is 2.22. The van der Waals surface area contributed by atoms with Crippen LogP contribution in [-0.2, 0) is 6.54 Å². The van der Waals surface area contributed by atoms with Crippen LogP contribution in [0.5, 0.6) is 0 Å². The lowest BCUT2D eigenvalue weighted by atomic mass is 10.1. The third-order valence-corrected chi connectivity index (χ3v) is 5.19. The van der Waals surface area contributed by atoms with E-state index in [1.54, 1.807) is 35.9 Å². The van der Waals surface area contributed by atoms with Gasteiger partial charge in [0.25, 0.3) is 5.91 Å². The van der Waals surface area contributed by atoms with E-state index in [0.29, 0.717) is 12.1 Å². The number of carbonyl (C=O) groups excluding carboxylic acids is 1. The molecule has 3 heterocycles. The third-order valence-electron chi connectivity index (χ3n) is 4.25. The molecule has 7 heteroatoms. The molecule has 0 radical (unpaired) electrons. The Balaban J connectivity index is 1.47. The van der Waals surface area contributed by atoms with Gasteiger partial charge in [0.2, 0.25) is 0 Å². The fourth-order valence-electron chi connectivity index (χ4n) is 2.66. The predicted molar refractivity (Wildman–Crippen MR) is 106 cm³/mol. The number of hydrogen-bond donors (Lipinski definition) is 1. The van der Waals surface area contributed by atoms with Crippen molar-refractivity contribution in [2.75, 3.05) is 0 Å². The molecule has 0 fully saturated rings. The molecule has 1 aromatic carbocycles. The second kappa shape index (κ2) is 7.20. The number of hydrogen-bond acceptors (Lipinski definition) is 6. The molecule has 27 heavy (non-hydrogen) atoms. The molecule has 3 aromatic heterocycles. The van der Waals surface area contributed by atoms with E-state index in [-0.39, 0.29) is 5.91 Å². The molecule has 6 nitrogen and oxygen atoms in total. The van der Waals surface area contributed by atoms with Gasteiger partial charge in [0, 0.05) is 28.9 Å². The summed E-state index contributed by atoms with van der Waals surface area (Å²) >= 11 is 1.55. The number of fused-ring (bicyclic) bond motifs is 1. The zero-order valence-electron chi connectivity index (χ0n) is 14.9. The van der Waals surface area contributed by atoms with Crippen LogP contribution in [0.2, 0.25) is 0 Å². The first-order valence-electron chi connectivity index (χ1n) is 8.48. The van der Waals surface area contributed by atoms with Gasteiger partial charge >= 0.3 is 0 Å². The number of rotatable bonds is 4. The summed E-state index contributed by atoms with van der Waals surface area (Å²) in [6.45, 7) is 4.21. The van der Waals surface area contributed by atoms with Crippen molar-refractivity contribution in [3.05, 3.63) is 70.8 Å². The Morgan fingerprint density at radius 2 is 1.74 bits per heavy atom. The Morgan fingerprint density at radius 3 is 2.52 bits per heavy atom. The van der Waals surface area contributed by atoms with Crippen molar-refractivity contribution >= 4 is 28.3 Å². The standard InChI is InChI=1S/C20H17N5OS/c1-12-13(2)24-18-9-15(3-4-17(18)23-12)19(26)22-10-16-11-27-20(25-16)14-5-7-21-8-6-14/h3-9,11H,10H2,1-2H3,(H,22,26). The number of amides is 1. The first-order valence-corrected chi connectivity index (χ1v) is 9.36. The highest BCUT2D eigenvalue weighted by molar-refractivity contribution is 7.13. The summed E-state index contributed by atoms with van der Waals surface area (Å²) in [5.41, 5.74) is 5.68. The zero-order chi connectivity index (χ0) is 18.8. The molecule has 0 aliphatic carbocycles. The van der Waals surface area contributed by atoms with Gasteiger partial charge in [0.05, 0.1) is 34.7 Å². The lowest BCUT2D eigenvalue weighted by molar-refractivity contribution is 0.0950. The van der Waals surface area contributed by atoms with Crippen LogP contribution in [-0.4, -0.2) is 25.8 Å². The van der Waals surface area contributed by atoms with E-state index >= 15 is 0 Å². The van der Waals surface area contributed by atoms with Crippen molar-refractivity contribution in [2.24, 2.45) is 0 Å². The molecule has 0 spiro atoms. The average molecular weight is 375 g/mol. The lowest BCUT2D eigenvalue weighted by Crippen LogP contribution is -2.23. The summed E-state index contributed by atoms with van der Waals surface area (Å²) in [6.07, 6.45) is 3.48. The Kier molecular flexibility index (Phi) is 4.60. The van der Waals surface area contributed by atoms with E-state index in [1.165, 1.54) is 0 Å². The molecule has 1 N–H and O–H groups in total. The molecule has 134 valence electrons. The summed E-state index contributed by atoms with van der Waals surface area (Å²) in [5.74, 6) is -0.157. The van der Waals surface area contributed by atoms with Crippen LogP contribution >= 0.6 is 11.3 Å². The number of aryl methyl sites for hydroxylation is 2. The van der Waals surface area contributed by atoms with Crippen LogP contribution in [0.25, 0.3) is 21.6 Å². The number of nitrogens with zero attached hydrogens (tertiary/aromatic N) is 4. The maximum Gasteiger partial charge on any atom is 0.251 e. The molecule has 0 saturated carbocycles. The summed E-state index contributed by atoms with van der Waals surface area (Å²) in [5, 5.41) is 5.78. The van der Waals surface area contributed by atoms with E-state index in [1.807, 2.05) is 37.4 Å². The first-order chi connectivity index (χ1) is 13.1. The topological polar surface area (TPSA) is 80.7 Å². The minimum Gasteiger partial charge on any atom is -0.346 e. The Labute approximate surface area is 160 Å². The number of nitrogens with one attached hydrogen (secondary N) is 1. The largest absolute Gasteiger partial charge is 0.346 e. The second-order valence-electron chi connectivity index (χ2n) is 6.16. The number of pyridine rings is 1. The molecule has 0 unspecified atom stereocenters. The SMILES string of the molecule is Cc1nc2ccc(C(=O)NCc3csc(-c4ccncc4)n3)cc2nc1C. The number of benzene rings is 1. The fraction of sp³-hybridized carbons (Fsp3) is 0.150. The molecule has 4 aromatic rings. The van der Waals surface area contributed by atoms with Crippen LogP contribution < -0.4 is 5.32 Å². The number of aromatic nitrogens is 4. The molecule has 0 aliphatic heterocycles. The third kappa shape index (κ3) is 3.68. The number of thiazole rings is 1. The van der Waals surface area contributed by atoms with Crippen molar-refractivity contribution in [1.82, 2.24) is 25.3 Å². The first kappa shape index (κ1) is 17.2. The molecule has 4 rings (SSSR count). The van der Waals surface area contributed by atoms with Gasteiger partial charge in [-0.15, -0.1) is 11.3 Å². The van der Waals surface area contributed by atoms with Gasteiger partial charge in [0.1, 0.15) is 5.01 Å². The Bertz CT molecular complexity index is 1120. The quantitative estimate of drug-likeness (QED) is 0.588. The molecule has 1 amide bonds. The van der Waals surface area contributed by atoms with Crippen molar-refractivity contribution in [1.29, 1.82) is 0 Å². The minimum atomic E-state index is -0.157. The monoisotopic (exact) mass is 375 g/mol. The summed E-state index contributed by atoms with van der Waals surface area (Å²) in [4.78, 5) is 30.1. The molecule has 0 atom stereocenters. The van der Waals surface area contributed by atoms with E-state index in [2.05, 4.69) is 25.3 Å². The van der Waals surface area contributed by atoms with Crippen LogP contribution in [0.15, 0.2) is 48.1 Å². The van der Waals surface area contributed by atoms with E-state index in [0.717, 1.165) is 38.7 Å². The van der Waals surface area contributed by atoms with E-state index < -0.39 is 0 Å². The minimum absolute atomic E-state index is 0.157. The van der Waals surface area contributed by atoms with Gasteiger partial charge < -0.3 is 5.32 Å². The van der Waals surface area contributed by atoms with Gasteiger partial charge in [0.15, 0.2) is 0 Å². The van der Waals surface area contributed by atoms with Gasteiger partial charge in [-0.3, -0.25) is 9.78 Å². The van der Waals surface area contributed by atoms with Crippen molar-refractivity contribution < 1.29 is 4.79 Å². The van der Waals surface area contributed by atoms with Crippen LogP contribution in [0, 0.1) is 13.8 Å². The van der Waals surface area contributed by atoms with Gasteiger partial charge in [-0.25, -0.2) is 15.0 Å². The van der Waals surface area contributed by atoms with E-state index in [4.69, 9.17) is 0 Å². The summed E-state index contributed by atoms with van der Waals surface area (Å²) < 4.78 is 0. The summed E-state index contributed by atoms with van der Waals surface area (Å²) in [6, 6.07) is 9.20.